The van der Waals surface area contributed by atoms with Gasteiger partial charge in [0.15, 0.2) is 37.0 Å². The highest BCUT2D eigenvalue weighted by molar-refractivity contribution is 6.74. The van der Waals surface area contributed by atoms with Crippen molar-refractivity contribution < 1.29 is 42.2 Å². The van der Waals surface area contributed by atoms with Gasteiger partial charge in [-0.2, -0.15) is 0 Å². The van der Waals surface area contributed by atoms with Gasteiger partial charge in [0.25, 0.3) is 5.88 Å². The number of aromatic nitrogens is 1. The minimum atomic E-state index is -2.93. The van der Waals surface area contributed by atoms with Crippen molar-refractivity contribution in [1.29, 1.82) is 0 Å². The van der Waals surface area contributed by atoms with Gasteiger partial charge in [0, 0.05) is 22.6 Å². The van der Waals surface area contributed by atoms with Gasteiger partial charge in [-0.3, -0.25) is 14.5 Å². The first kappa shape index (κ1) is 38.5. The van der Waals surface area contributed by atoms with Gasteiger partial charge in [-0.1, -0.05) is 81.4 Å². The molecule has 0 saturated heterocycles. The highest BCUT2D eigenvalue weighted by atomic mass is 28.4. The van der Waals surface area contributed by atoms with E-state index in [2.05, 4.69) is 5.16 Å². The molecule has 4 atom stereocenters. The largest absolute Gasteiger partial charge is 0.508 e. The van der Waals surface area contributed by atoms with Crippen molar-refractivity contribution in [3.63, 3.8) is 0 Å². The number of hydrogen-bond acceptors (Lipinski definition) is 10. The molecule has 0 fully saturated rings. The first-order chi connectivity index (χ1) is 26.0. The quantitative estimate of drug-likeness (QED) is 0.157. The van der Waals surface area contributed by atoms with Gasteiger partial charge < -0.3 is 28.3 Å². The molecule has 0 aliphatic heterocycles. The summed E-state index contributed by atoms with van der Waals surface area (Å²) in [5.74, 6) is -3.30. The average molecular weight is 769 g/mol. The normalized spacial score (nSPS) is 22.2. The zero-order chi connectivity index (χ0) is 39.6. The summed E-state index contributed by atoms with van der Waals surface area (Å²) in [4.78, 5) is 32.5. The number of nitrogens with zero attached hydrogens (tertiary/aromatic N) is 2. The summed E-state index contributed by atoms with van der Waals surface area (Å²) >= 11 is 0. The molecular weight excluding hydrogens is 720 g/mol. The Morgan fingerprint density at radius 2 is 1.56 bits per heavy atom. The molecule has 0 radical (unpaired) electrons. The molecule has 3 aliphatic carbocycles. The molecule has 0 saturated carbocycles. The van der Waals surface area contributed by atoms with E-state index in [1.807, 2.05) is 114 Å². The fraction of sp³-hybridized carbons (Fsp3) is 0.419. The van der Waals surface area contributed by atoms with Crippen LogP contribution in [-0.2, 0) is 24.1 Å². The second-order valence-corrected chi connectivity index (χ2v) is 21.3. The minimum absolute atomic E-state index is 0.00831. The van der Waals surface area contributed by atoms with Gasteiger partial charge in [-0.25, -0.2) is 4.39 Å². The molecule has 0 bridgehead atoms. The van der Waals surface area contributed by atoms with Crippen LogP contribution in [0.4, 0.5) is 4.39 Å². The Labute approximate surface area is 322 Å². The van der Waals surface area contributed by atoms with Gasteiger partial charge in [0.05, 0.1) is 18.7 Å². The van der Waals surface area contributed by atoms with Gasteiger partial charge in [-0.05, 0) is 74.2 Å². The zero-order valence-corrected chi connectivity index (χ0v) is 33.9. The SMILES string of the molecule is COc1c(C)c(OCc2ccccc2)c2c(c1F)C[C@H]1C[C@H]3[C@H](N(C)C)c4onc(OCc5ccccc5)c4C(=O)[C@@]3(O[Si](C)(C)C(C)(C)C)C(O)=C1C2=O. The molecule has 10 nitrogen and oxygen atoms in total. The Morgan fingerprint density at radius 1 is 0.964 bits per heavy atom. The Balaban J connectivity index is 1.43. The maximum Gasteiger partial charge on any atom is 0.265 e. The number of halogens is 1. The molecular formula is C43H49FN2O8Si. The molecule has 1 heterocycles. The Kier molecular flexibility index (Phi) is 9.84. The zero-order valence-electron chi connectivity index (χ0n) is 32.9. The number of methoxy groups -OCH3 is 1. The highest BCUT2D eigenvalue weighted by Crippen LogP contribution is 2.60. The number of benzene rings is 3. The summed E-state index contributed by atoms with van der Waals surface area (Å²) in [5, 5.41) is 16.8. The molecule has 12 heteroatoms. The summed E-state index contributed by atoms with van der Waals surface area (Å²) < 4.78 is 47.7. The van der Waals surface area contributed by atoms with Crippen molar-refractivity contribution in [2.45, 2.75) is 83.5 Å². The van der Waals surface area contributed by atoms with E-state index in [0.717, 1.165) is 11.1 Å². The van der Waals surface area contributed by atoms with Crippen molar-refractivity contribution >= 4 is 19.9 Å². The van der Waals surface area contributed by atoms with Crippen molar-refractivity contribution in [3.8, 4) is 17.4 Å². The van der Waals surface area contributed by atoms with Crippen LogP contribution in [0.15, 0.2) is 76.5 Å². The maximum absolute atomic E-state index is 16.5. The van der Waals surface area contributed by atoms with E-state index in [0.29, 0.717) is 5.56 Å². The molecule has 290 valence electrons. The fourth-order valence-corrected chi connectivity index (χ4v) is 9.73. The molecule has 3 aliphatic rings. The number of carbonyl (C=O) groups excluding carboxylic acids is 2. The Bertz CT molecular complexity index is 2180. The molecule has 1 N–H and O–H groups in total. The van der Waals surface area contributed by atoms with E-state index in [1.54, 1.807) is 6.92 Å². The van der Waals surface area contributed by atoms with Crippen LogP contribution in [0.3, 0.4) is 0 Å². The average Bonchev–Trinajstić information content (AvgIpc) is 3.56. The molecule has 7 rings (SSSR count). The number of fused-ring (bicyclic) bond motifs is 4. The Morgan fingerprint density at radius 3 is 2.13 bits per heavy atom. The summed E-state index contributed by atoms with van der Waals surface area (Å²) in [6.45, 7) is 12.0. The van der Waals surface area contributed by atoms with Gasteiger partial charge in [-0.15, -0.1) is 0 Å². The van der Waals surface area contributed by atoms with Crippen LogP contribution in [0, 0.1) is 24.6 Å². The lowest BCUT2D eigenvalue weighted by Crippen LogP contribution is -2.65. The van der Waals surface area contributed by atoms with E-state index < -0.39 is 60.0 Å². The topological polar surface area (TPSA) is 121 Å². The van der Waals surface area contributed by atoms with Crippen LogP contribution in [0.25, 0.3) is 0 Å². The third kappa shape index (κ3) is 6.18. The second-order valence-electron chi connectivity index (χ2n) is 16.6. The summed E-state index contributed by atoms with van der Waals surface area (Å²) in [7, 11) is 2.17. The van der Waals surface area contributed by atoms with Crippen LogP contribution < -0.4 is 14.2 Å². The summed E-state index contributed by atoms with van der Waals surface area (Å²) in [5.41, 5.74) is 0.264. The minimum Gasteiger partial charge on any atom is -0.508 e. The first-order valence-electron chi connectivity index (χ1n) is 18.6. The number of hydrogen-bond donors (Lipinski definition) is 1. The first-order valence-corrected chi connectivity index (χ1v) is 21.6. The predicted octanol–water partition coefficient (Wildman–Crippen LogP) is 8.74. The maximum atomic E-state index is 16.5. The smallest absolute Gasteiger partial charge is 0.265 e. The number of ether oxygens (including phenoxy) is 3. The third-order valence-corrected chi connectivity index (χ3v) is 16.4. The van der Waals surface area contributed by atoms with E-state index in [1.165, 1.54) is 7.11 Å². The molecule has 0 amide bonds. The monoisotopic (exact) mass is 768 g/mol. The molecule has 1 aromatic heterocycles. The van der Waals surface area contributed by atoms with E-state index in [4.69, 9.17) is 23.2 Å². The lowest BCUT2D eigenvalue weighted by atomic mass is 9.58. The van der Waals surface area contributed by atoms with E-state index in [-0.39, 0.29) is 71.5 Å². The van der Waals surface area contributed by atoms with E-state index >= 15 is 14.0 Å². The number of carbonyl (C=O) groups is 2. The van der Waals surface area contributed by atoms with Gasteiger partial charge in [0.2, 0.25) is 5.78 Å². The van der Waals surface area contributed by atoms with E-state index in [9.17, 15) is 5.11 Å². The second kappa shape index (κ2) is 14.1. The Hall–Kier alpha value is -4.78. The van der Waals surface area contributed by atoms with Crippen LogP contribution in [0.5, 0.6) is 17.4 Å². The van der Waals surface area contributed by atoms with Gasteiger partial charge in [0.1, 0.15) is 30.3 Å². The summed E-state index contributed by atoms with van der Waals surface area (Å²) in [6, 6.07) is 18.3. The van der Waals surface area contributed by atoms with Crippen LogP contribution in [0.1, 0.15) is 82.0 Å². The highest BCUT2D eigenvalue weighted by Gasteiger charge is 2.67. The number of Topliss-reactive ketones (excluding diaryl/α,β-unsaturated/α-hetero) is 2. The van der Waals surface area contributed by atoms with Crippen LogP contribution in [0.2, 0.25) is 18.1 Å². The number of rotatable bonds is 10. The van der Waals surface area contributed by atoms with Crippen molar-refractivity contribution in [2.75, 3.05) is 21.2 Å². The van der Waals surface area contributed by atoms with Crippen LogP contribution >= 0.6 is 0 Å². The number of aliphatic hydroxyl groups is 1. The molecule has 0 spiro atoms. The van der Waals surface area contributed by atoms with Crippen molar-refractivity contribution in [2.24, 2.45) is 11.8 Å². The number of aliphatic hydroxyl groups excluding tert-OH is 1. The van der Waals surface area contributed by atoms with Crippen LogP contribution in [-0.4, -0.2) is 61.9 Å². The molecule has 3 aromatic carbocycles. The molecule has 55 heavy (non-hydrogen) atoms. The molecule has 4 aromatic rings. The lowest BCUT2D eigenvalue weighted by Gasteiger charge is -2.55. The predicted molar refractivity (Wildman–Crippen MR) is 207 cm³/mol. The van der Waals surface area contributed by atoms with Crippen molar-refractivity contribution in [3.05, 3.63) is 117 Å². The molecule has 0 unspecified atom stereocenters. The number of ketones is 2. The summed E-state index contributed by atoms with van der Waals surface area (Å²) in [6.07, 6.45) is 0.254. The standard InChI is InChI=1S/C43H49FN2O8Si/c1-24-36(51-22-25-16-12-10-13-17-25)31-28(33(44)37(24)50-7)20-27-21-29-34(46(5)6)38-32(41(45-53-38)52-23-26-18-14-11-15-19-26)40(49)43(29,39(48)30(27)35(31)47)54-55(8,9)42(2,3)4/h10-19,27,29,34,48H,20-23H2,1-9H3/t27-,29-,34-,43-/m0/s1. The fourth-order valence-electron chi connectivity index (χ4n) is 8.28. The van der Waals surface area contributed by atoms with Gasteiger partial charge >= 0.3 is 0 Å². The third-order valence-electron chi connectivity index (χ3n) is 12.0. The van der Waals surface area contributed by atoms with Crippen molar-refractivity contribution in [1.82, 2.24) is 10.1 Å². The number of allylic oxidation sites excluding steroid dienone is 1. The lowest BCUT2D eigenvalue weighted by molar-refractivity contribution is -0.0481.